The van der Waals surface area contributed by atoms with Crippen LogP contribution in [0.1, 0.15) is 18.4 Å². The van der Waals surface area contributed by atoms with Gasteiger partial charge in [0, 0.05) is 18.2 Å². The maximum atomic E-state index is 9.70. The van der Waals surface area contributed by atoms with Gasteiger partial charge < -0.3 is 20.3 Å². The third-order valence-electron chi connectivity index (χ3n) is 2.79. The Bertz CT molecular complexity index is 352. The molecule has 0 spiro atoms. The molecule has 0 saturated heterocycles. The first-order chi connectivity index (χ1) is 8.29. The van der Waals surface area contributed by atoms with Gasteiger partial charge in [0.05, 0.1) is 6.61 Å². The van der Waals surface area contributed by atoms with Gasteiger partial charge in [0.15, 0.2) is 0 Å². The first-order valence-electron chi connectivity index (χ1n) is 6.02. The molecule has 2 rings (SSSR count). The van der Waals surface area contributed by atoms with Crippen molar-refractivity contribution >= 4 is 0 Å². The van der Waals surface area contributed by atoms with Crippen LogP contribution in [0.2, 0.25) is 0 Å². The van der Waals surface area contributed by atoms with Gasteiger partial charge in [-0.05, 0) is 18.9 Å². The second-order valence-electron chi connectivity index (χ2n) is 4.41. The Hall–Kier alpha value is -1.10. The van der Waals surface area contributed by atoms with Gasteiger partial charge in [-0.15, -0.1) is 0 Å². The first-order valence-corrected chi connectivity index (χ1v) is 6.02. The molecule has 0 heterocycles. The molecule has 3 N–H and O–H groups in total. The lowest BCUT2D eigenvalue weighted by Crippen LogP contribution is -2.32. The molecule has 1 atom stereocenters. The van der Waals surface area contributed by atoms with Crippen LogP contribution in [-0.2, 0) is 6.61 Å². The van der Waals surface area contributed by atoms with Crippen LogP contribution in [0.4, 0.5) is 0 Å². The monoisotopic (exact) mass is 237 g/mol. The van der Waals surface area contributed by atoms with E-state index in [-0.39, 0.29) is 13.2 Å². The summed E-state index contributed by atoms with van der Waals surface area (Å²) in [6, 6.07) is 7.90. The lowest BCUT2D eigenvalue weighted by molar-refractivity contribution is 0.104. The van der Waals surface area contributed by atoms with Crippen molar-refractivity contribution in [2.24, 2.45) is 0 Å². The van der Waals surface area contributed by atoms with Crippen LogP contribution in [-0.4, -0.2) is 35.5 Å². The molecule has 1 aliphatic rings. The molecule has 0 bridgehead atoms. The Kier molecular flexibility index (Phi) is 4.36. The predicted octanol–water partition coefficient (Wildman–Crippen LogP) is 0.671. The maximum Gasteiger partial charge on any atom is 0.124 e. The lowest BCUT2D eigenvalue weighted by atomic mass is 10.2. The molecule has 1 unspecified atom stereocenters. The van der Waals surface area contributed by atoms with Crippen LogP contribution in [0.3, 0.4) is 0 Å². The third-order valence-corrected chi connectivity index (χ3v) is 2.79. The minimum Gasteiger partial charge on any atom is -0.490 e. The second-order valence-corrected chi connectivity index (χ2v) is 4.41. The standard InChI is InChI=1S/C13H19NO3/c15-8-10-3-1-2-4-13(10)17-9-12(16)7-14-11-5-6-11/h1-4,11-12,14-16H,5-9H2. The summed E-state index contributed by atoms with van der Waals surface area (Å²) in [5.41, 5.74) is 0.745. The zero-order valence-electron chi connectivity index (χ0n) is 9.80. The molecule has 4 heteroatoms. The van der Waals surface area contributed by atoms with Gasteiger partial charge in [0.25, 0.3) is 0 Å². The van der Waals surface area contributed by atoms with Gasteiger partial charge in [-0.2, -0.15) is 0 Å². The van der Waals surface area contributed by atoms with E-state index in [0.29, 0.717) is 18.3 Å². The van der Waals surface area contributed by atoms with E-state index >= 15 is 0 Å². The molecule has 1 aromatic carbocycles. The molecular formula is C13H19NO3. The summed E-state index contributed by atoms with van der Waals surface area (Å²) in [7, 11) is 0. The number of nitrogens with one attached hydrogen (secondary N) is 1. The van der Waals surface area contributed by atoms with Crippen molar-refractivity contribution in [2.75, 3.05) is 13.2 Å². The van der Waals surface area contributed by atoms with Crippen molar-refractivity contribution in [3.8, 4) is 5.75 Å². The second kappa shape index (κ2) is 6.00. The largest absolute Gasteiger partial charge is 0.490 e. The van der Waals surface area contributed by atoms with Gasteiger partial charge in [-0.1, -0.05) is 18.2 Å². The van der Waals surface area contributed by atoms with Crippen molar-refractivity contribution in [3.63, 3.8) is 0 Å². The fraction of sp³-hybridized carbons (Fsp3) is 0.538. The number of rotatable bonds is 7. The minimum atomic E-state index is -0.512. The van der Waals surface area contributed by atoms with E-state index in [1.807, 2.05) is 18.2 Å². The van der Waals surface area contributed by atoms with Gasteiger partial charge in [-0.3, -0.25) is 0 Å². The maximum absolute atomic E-state index is 9.70. The Morgan fingerprint density at radius 3 is 2.82 bits per heavy atom. The zero-order chi connectivity index (χ0) is 12.1. The molecule has 1 aliphatic carbocycles. The van der Waals surface area contributed by atoms with Gasteiger partial charge in [0.2, 0.25) is 0 Å². The fourth-order valence-corrected chi connectivity index (χ4v) is 1.61. The van der Waals surface area contributed by atoms with E-state index in [2.05, 4.69) is 5.32 Å². The molecule has 1 saturated carbocycles. The summed E-state index contributed by atoms with van der Waals surface area (Å²) in [6.07, 6.45) is 1.91. The molecule has 4 nitrogen and oxygen atoms in total. The highest BCUT2D eigenvalue weighted by atomic mass is 16.5. The highest BCUT2D eigenvalue weighted by Crippen LogP contribution is 2.19. The Morgan fingerprint density at radius 1 is 1.35 bits per heavy atom. The van der Waals surface area contributed by atoms with E-state index in [4.69, 9.17) is 9.84 Å². The summed E-state index contributed by atoms with van der Waals surface area (Å²) < 4.78 is 5.49. The molecule has 0 amide bonds. The van der Waals surface area contributed by atoms with Crippen LogP contribution in [0.15, 0.2) is 24.3 Å². The van der Waals surface area contributed by atoms with Crippen LogP contribution < -0.4 is 10.1 Å². The Balaban J connectivity index is 1.75. The highest BCUT2D eigenvalue weighted by Gasteiger charge is 2.21. The summed E-state index contributed by atoms with van der Waals surface area (Å²) in [6.45, 7) is 0.759. The van der Waals surface area contributed by atoms with Crippen molar-refractivity contribution in [3.05, 3.63) is 29.8 Å². The van der Waals surface area contributed by atoms with Crippen molar-refractivity contribution in [2.45, 2.75) is 31.6 Å². The van der Waals surface area contributed by atoms with Crippen molar-refractivity contribution in [1.29, 1.82) is 0 Å². The van der Waals surface area contributed by atoms with E-state index in [1.165, 1.54) is 12.8 Å². The van der Waals surface area contributed by atoms with E-state index in [0.717, 1.165) is 5.56 Å². The molecular weight excluding hydrogens is 218 g/mol. The average molecular weight is 237 g/mol. The molecule has 0 radical (unpaired) electrons. The molecule has 17 heavy (non-hydrogen) atoms. The van der Waals surface area contributed by atoms with Gasteiger partial charge in [-0.25, -0.2) is 0 Å². The number of ether oxygens (including phenoxy) is 1. The average Bonchev–Trinajstić information content (AvgIpc) is 3.18. The predicted molar refractivity (Wildman–Crippen MR) is 64.9 cm³/mol. The highest BCUT2D eigenvalue weighted by molar-refractivity contribution is 5.32. The molecule has 94 valence electrons. The van der Waals surface area contributed by atoms with Crippen LogP contribution in [0.5, 0.6) is 5.75 Å². The number of aliphatic hydroxyl groups is 2. The fourth-order valence-electron chi connectivity index (χ4n) is 1.61. The number of benzene rings is 1. The summed E-state index contributed by atoms with van der Waals surface area (Å²) in [5, 5.41) is 22.1. The SMILES string of the molecule is OCc1ccccc1OCC(O)CNC1CC1. The van der Waals surface area contributed by atoms with Crippen molar-refractivity contribution in [1.82, 2.24) is 5.32 Å². The van der Waals surface area contributed by atoms with Gasteiger partial charge >= 0.3 is 0 Å². The summed E-state index contributed by atoms with van der Waals surface area (Å²) >= 11 is 0. The Morgan fingerprint density at radius 2 is 2.12 bits per heavy atom. The van der Waals surface area contributed by atoms with E-state index < -0.39 is 6.10 Å². The number of hydrogen-bond acceptors (Lipinski definition) is 4. The van der Waals surface area contributed by atoms with Crippen LogP contribution in [0, 0.1) is 0 Å². The third kappa shape index (κ3) is 4.00. The summed E-state index contributed by atoms with van der Waals surface area (Å²) in [5.74, 6) is 0.639. The van der Waals surface area contributed by atoms with Crippen LogP contribution >= 0.6 is 0 Å². The molecule has 1 aromatic rings. The van der Waals surface area contributed by atoms with Crippen LogP contribution in [0.25, 0.3) is 0 Å². The smallest absolute Gasteiger partial charge is 0.124 e. The number of para-hydroxylation sites is 1. The topological polar surface area (TPSA) is 61.7 Å². The van der Waals surface area contributed by atoms with Gasteiger partial charge in [0.1, 0.15) is 18.5 Å². The first kappa shape index (κ1) is 12.4. The number of aliphatic hydroxyl groups excluding tert-OH is 2. The normalized spacial score (nSPS) is 16.8. The number of hydrogen-bond donors (Lipinski definition) is 3. The molecule has 0 aromatic heterocycles. The van der Waals surface area contributed by atoms with E-state index in [1.54, 1.807) is 6.07 Å². The summed E-state index contributed by atoms with van der Waals surface area (Å²) in [4.78, 5) is 0. The minimum absolute atomic E-state index is 0.0490. The zero-order valence-corrected chi connectivity index (χ0v) is 9.80. The van der Waals surface area contributed by atoms with E-state index in [9.17, 15) is 5.11 Å². The molecule has 0 aliphatic heterocycles. The molecule has 1 fully saturated rings. The lowest BCUT2D eigenvalue weighted by Gasteiger charge is -2.14. The quantitative estimate of drug-likeness (QED) is 0.652. The van der Waals surface area contributed by atoms with Crippen molar-refractivity contribution < 1.29 is 14.9 Å². The Labute approximate surface area is 101 Å².